The van der Waals surface area contributed by atoms with Crippen LogP contribution in [0.3, 0.4) is 0 Å². The number of carbonyl (C=O) groups is 2. The van der Waals surface area contributed by atoms with Crippen LogP contribution >= 0.6 is 0 Å². The van der Waals surface area contributed by atoms with E-state index in [9.17, 15) is 19.7 Å². The number of phenols is 1. The number of amides is 2. The maximum Gasteiger partial charge on any atom is 0.455 e. The number of carbonyl (C=O) groups excluding carboxylic acids is 2. The molecular formula is C35H44BNO5. The van der Waals surface area contributed by atoms with Crippen molar-refractivity contribution < 1.29 is 24.4 Å². The summed E-state index contributed by atoms with van der Waals surface area (Å²) in [6.07, 6.45) is 10.4. The largest absolute Gasteiger partial charge is 0.507 e. The molecule has 0 unspecified atom stereocenters. The monoisotopic (exact) mass is 569 g/mol. The number of nitrogens with zero attached hydrogens (tertiary/aromatic N) is 1. The second-order valence-corrected chi connectivity index (χ2v) is 13.1. The van der Waals surface area contributed by atoms with Crippen LogP contribution in [-0.2, 0) is 14.2 Å². The summed E-state index contributed by atoms with van der Waals surface area (Å²) < 4.78 is 6.25. The van der Waals surface area contributed by atoms with Crippen LogP contribution in [-0.4, -0.2) is 46.1 Å². The van der Waals surface area contributed by atoms with Crippen LogP contribution < -0.4 is 0 Å². The minimum atomic E-state index is -0.947. The fraction of sp³-hybridized carbons (Fsp3) is 0.543. The predicted octanol–water partition coefficient (Wildman–Crippen LogP) is 6.90. The van der Waals surface area contributed by atoms with E-state index < -0.39 is 7.12 Å². The highest BCUT2D eigenvalue weighted by Gasteiger charge is 2.58. The fourth-order valence-electron chi connectivity index (χ4n) is 8.29. The molecule has 2 saturated heterocycles. The number of phenolic OH excluding ortho intramolecular Hbond substituents is 1. The highest BCUT2D eigenvalue weighted by Crippen LogP contribution is 2.52. The van der Waals surface area contributed by atoms with E-state index in [1.165, 1.54) is 23.1 Å². The van der Waals surface area contributed by atoms with Gasteiger partial charge < -0.3 is 14.8 Å². The molecule has 2 aromatic carbocycles. The quantitative estimate of drug-likeness (QED) is 0.215. The SMILES string of the molecule is CC/C(=C\c1ccc(O)c2ccccc12)CC[C@H]1OB(O)C[C@H]2C1=C(C(C)C)C[C@H]1C(=O)N(C3CCCCC3)C(=O)[C@H]12. The van der Waals surface area contributed by atoms with Gasteiger partial charge in [0.15, 0.2) is 0 Å². The van der Waals surface area contributed by atoms with Crippen LogP contribution in [0.5, 0.6) is 5.75 Å². The molecule has 1 saturated carbocycles. The van der Waals surface area contributed by atoms with E-state index >= 15 is 0 Å². The molecule has 2 aliphatic heterocycles. The van der Waals surface area contributed by atoms with Gasteiger partial charge in [-0.15, -0.1) is 0 Å². The molecule has 0 aromatic heterocycles. The lowest BCUT2D eigenvalue weighted by Gasteiger charge is -2.44. The lowest BCUT2D eigenvalue weighted by atomic mass is 9.57. The molecule has 2 N–H and O–H groups in total. The third kappa shape index (κ3) is 5.24. The molecule has 0 bridgehead atoms. The van der Waals surface area contributed by atoms with Crippen LogP contribution in [0.1, 0.15) is 84.1 Å². The van der Waals surface area contributed by atoms with Crippen LogP contribution in [0.2, 0.25) is 6.32 Å². The van der Waals surface area contributed by atoms with Crippen molar-refractivity contribution in [2.75, 3.05) is 0 Å². The van der Waals surface area contributed by atoms with Crippen LogP contribution in [0.25, 0.3) is 16.8 Å². The van der Waals surface area contributed by atoms with E-state index in [0.29, 0.717) is 19.2 Å². The Morgan fingerprint density at radius 2 is 1.79 bits per heavy atom. The fourth-order valence-corrected chi connectivity index (χ4v) is 8.29. The Balaban J connectivity index is 1.28. The Morgan fingerprint density at radius 1 is 1.05 bits per heavy atom. The topological polar surface area (TPSA) is 87.1 Å². The predicted molar refractivity (Wildman–Crippen MR) is 166 cm³/mol. The second-order valence-electron chi connectivity index (χ2n) is 13.1. The van der Waals surface area contributed by atoms with Gasteiger partial charge in [-0.1, -0.05) is 87.6 Å². The zero-order valence-electron chi connectivity index (χ0n) is 25.2. The van der Waals surface area contributed by atoms with Gasteiger partial charge in [-0.25, -0.2) is 0 Å². The van der Waals surface area contributed by atoms with Crippen molar-refractivity contribution in [3.63, 3.8) is 0 Å². The number of benzene rings is 2. The Labute approximate surface area is 250 Å². The first-order valence-electron chi connectivity index (χ1n) is 16.1. The number of hydrogen-bond donors (Lipinski definition) is 2. The first-order chi connectivity index (χ1) is 20.3. The minimum Gasteiger partial charge on any atom is -0.507 e. The lowest BCUT2D eigenvalue weighted by Crippen LogP contribution is -2.47. The summed E-state index contributed by atoms with van der Waals surface area (Å²) in [4.78, 5) is 29.4. The molecule has 2 aliphatic carbocycles. The molecule has 7 heteroatoms. The summed E-state index contributed by atoms with van der Waals surface area (Å²) in [5.41, 5.74) is 4.76. The molecule has 222 valence electrons. The number of rotatable bonds is 7. The molecule has 4 atom stereocenters. The van der Waals surface area contributed by atoms with Gasteiger partial charge in [0.25, 0.3) is 0 Å². The standard InChI is InChI=1S/C35H44BNO5/c1-4-22(18-23-15-16-30(38)26-13-9-8-12-25(23)26)14-17-31-32-27(21(2)3)19-28-33(29(32)20-36(41)42-31)35(40)37(34(28)39)24-10-6-5-7-11-24/h8-9,12-13,15-16,18,21,24,28-29,31,33,38,41H,4-7,10-11,14,17,19-20H2,1-3H3/b22-18+/t28-,29+,31-,33-/m1/s1. The maximum absolute atomic E-state index is 14.0. The van der Waals surface area contributed by atoms with Gasteiger partial charge in [0, 0.05) is 11.4 Å². The van der Waals surface area contributed by atoms with Gasteiger partial charge in [-0.05, 0) is 79.3 Å². The summed E-state index contributed by atoms with van der Waals surface area (Å²) in [6, 6.07) is 11.6. The van der Waals surface area contributed by atoms with Crippen molar-refractivity contribution in [2.24, 2.45) is 23.7 Å². The Kier molecular flexibility index (Phi) is 8.34. The number of aromatic hydroxyl groups is 1. The van der Waals surface area contributed by atoms with Crippen molar-refractivity contribution in [2.45, 2.75) is 97.0 Å². The van der Waals surface area contributed by atoms with Crippen molar-refractivity contribution in [1.29, 1.82) is 0 Å². The normalized spacial score (nSPS) is 27.3. The molecule has 3 fully saturated rings. The zero-order valence-corrected chi connectivity index (χ0v) is 25.2. The smallest absolute Gasteiger partial charge is 0.455 e. The summed E-state index contributed by atoms with van der Waals surface area (Å²) in [7, 11) is -0.947. The first-order valence-corrected chi connectivity index (χ1v) is 16.1. The number of allylic oxidation sites excluding steroid dienone is 2. The van der Waals surface area contributed by atoms with Crippen molar-refractivity contribution in [3.05, 3.63) is 58.7 Å². The van der Waals surface area contributed by atoms with Crippen molar-refractivity contribution in [1.82, 2.24) is 4.90 Å². The van der Waals surface area contributed by atoms with Crippen molar-refractivity contribution >= 4 is 35.8 Å². The lowest BCUT2D eigenvalue weighted by molar-refractivity contribution is -0.143. The third-order valence-corrected chi connectivity index (χ3v) is 10.4. The van der Waals surface area contributed by atoms with E-state index in [0.717, 1.165) is 54.9 Å². The van der Waals surface area contributed by atoms with Crippen LogP contribution in [0.15, 0.2) is 53.1 Å². The van der Waals surface area contributed by atoms with E-state index in [-0.39, 0.29) is 53.4 Å². The molecule has 2 amide bonds. The molecular weight excluding hydrogens is 525 g/mol. The number of fused-ring (bicyclic) bond motifs is 4. The zero-order chi connectivity index (χ0) is 29.5. The summed E-state index contributed by atoms with van der Waals surface area (Å²) in [6.45, 7) is 6.50. The minimum absolute atomic E-state index is 0.0107. The van der Waals surface area contributed by atoms with E-state index in [2.05, 4.69) is 26.8 Å². The summed E-state index contributed by atoms with van der Waals surface area (Å²) in [5, 5.41) is 23.1. The Bertz CT molecular complexity index is 1420. The third-order valence-electron chi connectivity index (χ3n) is 10.4. The first kappa shape index (κ1) is 29.2. The molecule has 2 heterocycles. The molecule has 0 radical (unpaired) electrons. The molecule has 4 aliphatic rings. The summed E-state index contributed by atoms with van der Waals surface area (Å²) in [5.74, 6) is -0.335. The van der Waals surface area contributed by atoms with Gasteiger partial charge in [0.1, 0.15) is 5.75 Å². The average molecular weight is 570 g/mol. The second kappa shape index (κ2) is 12.0. The number of hydrogen-bond acceptors (Lipinski definition) is 5. The van der Waals surface area contributed by atoms with E-state index in [1.54, 1.807) is 11.0 Å². The Morgan fingerprint density at radius 3 is 2.50 bits per heavy atom. The van der Waals surface area contributed by atoms with Crippen LogP contribution in [0.4, 0.5) is 0 Å². The van der Waals surface area contributed by atoms with Gasteiger partial charge in [-0.3, -0.25) is 14.5 Å². The molecule has 42 heavy (non-hydrogen) atoms. The van der Waals surface area contributed by atoms with Crippen LogP contribution in [0, 0.1) is 23.7 Å². The average Bonchev–Trinajstić information content (AvgIpc) is 3.25. The molecule has 6 nitrogen and oxygen atoms in total. The van der Waals surface area contributed by atoms with Gasteiger partial charge >= 0.3 is 7.12 Å². The molecule has 0 spiro atoms. The highest BCUT2D eigenvalue weighted by molar-refractivity contribution is 6.43. The number of imide groups is 1. The van der Waals surface area contributed by atoms with E-state index in [4.69, 9.17) is 4.65 Å². The summed E-state index contributed by atoms with van der Waals surface area (Å²) >= 11 is 0. The van der Waals surface area contributed by atoms with Gasteiger partial charge in [-0.2, -0.15) is 0 Å². The Hall–Kier alpha value is -2.90. The van der Waals surface area contributed by atoms with Crippen molar-refractivity contribution in [3.8, 4) is 5.75 Å². The highest BCUT2D eigenvalue weighted by atomic mass is 16.5. The maximum atomic E-state index is 14.0. The number of likely N-dealkylation sites (tertiary alicyclic amines) is 1. The molecule has 6 rings (SSSR count). The van der Waals surface area contributed by atoms with Gasteiger partial charge in [0.2, 0.25) is 11.8 Å². The van der Waals surface area contributed by atoms with E-state index in [1.807, 2.05) is 30.3 Å². The molecule has 2 aromatic rings. The van der Waals surface area contributed by atoms with Gasteiger partial charge in [0.05, 0.1) is 17.9 Å².